The van der Waals surface area contributed by atoms with E-state index in [0.717, 1.165) is 19.3 Å². The van der Waals surface area contributed by atoms with Crippen LogP contribution in [0.2, 0.25) is 0 Å². The van der Waals surface area contributed by atoms with Gasteiger partial charge in [-0.2, -0.15) is 0 Å². The van der Waals surface area contributed by atoms with Crippen molar-refractivity contribution in [2.24, 2.45) is 5.92 Å². The van der Waals surface area contributed by atoms with Crippen LogP contribution in [0.15, 0.2) is 30.4 Å². The standard InChI is InChI=1S/C40H52N4O9/c1-8-51-36(48)40-19-24(40)14-12-10-9-11-13-15-28(42-37(49)53-38(4,5)6)35(47)44-22-39(20-29(44)34(46)43-40)21-30(45)31-26-18-25(50-7)16-17-27(26)41-32(23(2)3)33(31)52-39/h12,14,16-18,23-24,28-29H,8-11,13,15,19-22H2,1-7H3,(H,42,49)(H,43,46)/b14-12-/t24-,28+,29+,39+,40-/m1/s1. The Balaban J connectivity index is 1.41. The van der Waals surface area contributed by atoms with Crippen molar-refractivity contribution in [1.82, 2.24) is 20.5 Å². The lowest BCUT2D eigenvalue weighted by atomic mass is 9.85. The number of alkyl carbamates (subject to hydrolysis) is 1. The first kappa shape index (κ1) is 38.1. The molecule has 1 aromatic heterocycles. The molecule has 1 saturated heterocycles. The lowest BCUT2D eigenvalue weighted by molar-refractivity contribution is -0.150. The van der Waals surface area contributed by atoms with Crippen molar-refractivity contribution in [2.45, 2.75) is 128 Å². The fourth-order valence-electron chi connectivity index (χ4n) is 7.86. The van der Waals surface area contributed by atoms with E-state index < -0.39 is 52.7 Å². The largest absolute Gasteiger partial charge is 0.497 e. The first-order chi connectivity index (χ1) is 25.1. The average molecular weight is 733 g/mol. The molecule has 13 heteroatoms. The fourth-order valence-corrected chi connectivity index (χ4v) is 7.86. The fraction of sp³-hybridized carbons (Fsp3) is 0.600. The Labute approximate surface area is 310 Å². The molecule has 4 heterocycles. The van der Waals surface area contributed by atoms with E-state index in [9.17, 15) is 24.0 Å². The van der Waals surface area contributed by atoms with Gasteiger partial charge in [0.1, 0.15) is 34.6 Å². The van der Waals surface area contributed by atoms with Crippen LogP contribution < -0.4 is 20.1 Å². The number of amides is 3. The number of hydrogen-bond donors (Lipinski definition) is 2. The average Bonchev–Trinajstić information content (AvgIpc) is 3.66. The van der Waals surface area contributed by atoms with Crippen molar-refractivity contribution in [1.29, 1.82) is 0 Å². The van der Waals surface area contributed by atoms with Gasteiger partial charge in [-0.15, -0.1) is 0 Å². The molecule has 2 N–H and O–H groups in total. The molecule has 0 bridgehead atoms. The van der Waals surface area contributed by atoms with E-state index in [1.165, 1.54) is 4.90 Å². The summed E-state index contributed by atoms with van der Waals surface area (Å²) in [6.07, 6.45) is 6.81. The maximum absolute atomic E-state index is 14.7. The lowest BCUT2D eigenvalue weighted by Crippen LogP contribution is -2.57. The van der Waals surface area contributed by atoms with Gasteiger partial charge in [-0.25, -0.2) is 14.6 Å². The van der Waals surface area contributed by atoms with Crippen molar-refractivity contribution in [3.8, 4) is 11.5 Å². The smallest absolute Gasteiger partial charge is 0.408 e. The summed E-state index contributed by atoms with van der Waals surface area (Å²) < 4.78 is 23.3. The van der Waals surface area contributed by atoms with Gasteiger partial charge >= 0.3 is 12.1 Å². The Kier molecular flexibility index (Phi) is 10.5. The molecular formula is C40H52N4O9. The van der Waals surface area contributed by atoms with Crippen LogP contribution >= 0.6 is 0 Å². The summed E-state index contributed by atoms with van der Waals surface area (Å²) in [7, 11) is 1.55. The number of hydrogen-bond acceptors (Lipinski definition) is 10. The molecule has 1 spiro atoms. The third-order valence-corrected chi connectivity index (χ3v) is 10.5. The van der Waals surface area contributed by atoms with Gasteiger partial charge < -0.3 is 34.5 Å². The number of pyridine rings is 1. The number of carbonyl (C=O) groups excluding carboxylic acids is 5. The normalized spacial score (nSPS) is 28.1. The zero-order chi connectivity index (χ0) is 38.3. The van der Waals surface area contributed by atoms with Crippen LogP contribution in [0.25, 0.3) is 10.9 Å². The number of esters is 1. The summed E-state index contributed by atoms with van der Waals surface area (Å²) >= 11 is 0. The summed E-state index contributed by atoms with van der Waals surface area (Å²) in [5.41, 5.74) is -1.76. The molecule has 2 aromatic rings. The van der Waals surface area contributed by atoms with Crippen molar-refractivity contribution < 1.29 is 42.9 Å². The Bertz CT molecular complexity index is 1830. The Morgan fingerprint density at radius 1 is 1.13 bits per heavy atom. The number of carbonyl (C=O) groups is 5. The zero-order valence-corrected chi connectivity index (χ0v) is 31.8. The highest BCUT2D eigenvalue weighted by Gasteiger charge is 2.63. The quantitative estimate of drug-likeness (QED) is 0.296. The van der Waals surface area contributed by atoms with Gasteiger partial charge in [0.05, 0.1) is 43.5 Å². The molecular weight excluding hydrogens is 680 g/mol. The van der Waals surface area contributed by atoms with Crippen LogP contribution in [0.1, 0.15) is 115 Å². The molecule has 5 atom stereocenters. The van der Waals surface area contributed by atoms with E-state index in [0.29, 0.717) is 52.9 Å². The van der Waals surface area contributed by atoms with Crippen LogP contribution in [0, 0.1) is 5.92 Å². The molecule has 53 heavy (non-hydrogen) atoms. The number of methoxy groups -OCH3 is 1. The number of fused-ring (bicyclic) bond motifs is 5. The van der Waals surface area contributed by atoms with E-state index in [1.54, 1.807) is 46.9 Å². The van der Waals surface area contributed by atoms with Crippen molar-refractivity contribution >= 4 is 40.6 Å². The van der Waals surface area contributed by atoms with Crippen LogP contribution in [-0.2, 0) is 23.9 Å². The molecule has 2 fully saturated rings. The number of Topliss-reactive ketones (excluding diaryl/α,β-unsaturated/α-hetero) is 1. The summed E-state index contributed by atoms with van der Waals surface area (Å²) in [6, 6.07) is 3.23. The molecule has 0 unspecified atom stereocenters. The minimum Gasteiger partial charge on any atom is -0.497 e. The molecule has 1 aromatic carbocycles. The van der Waals surface area contributed by atoms with Crippen molar-refractivity contribution in [3.63, 3.8) is 0 Å². The number of aromatic nitrogens is 1. The molecule has 3 amide bonds. The Morgan fingerprint density at radius 3 is 2.60 bits per heavy atom. The van der Waals surface area contributed by atoms with Gasteiger partial charge in [-0.1, -0.05) is 38.8 Å². The topological polar surface area (TPSA) is 162 Å². The van der Waals surface area contributed by atoms with E-state index in [4.69, 9.17) is 23.9 Å². The third-order valence-electron chi connectivity index (χ3n) is 10.5. The van der Waals surface area contributed by atoms with Crippen molar-refractivity contribution in [2.75, 3.05) is 20.3 Å². The number of ketones is 1. The molecule has 13 nitrogen and oxygen atoms in total. The van der Waals surface area contributed by atoms with Gasteiger partial charge in [0, 0.05) is 17.7 Å². The number of nitrogens with one attached hydrogen (secondary N) is 2. The maximum Gasteiger partial charge on any atom is 0.408 e. The minimum absolute atomic E-state index is 0.0258. The Hall–Kier alpha value is -4.68. The van der Waals surface area contributed by atoms with Gasteiger partial charge in [-0.05, 0) is 77.5 Å². The maximum atomic E-state index is 14.7. The first-order valence-corrected chi connectivity index (χ1v) is 18.8. The van der Waals surface area contributed by atoms with Crippen LogP contribution in [0.5, 0.6) is 11.5 Å². The molecule has 6 rings (SSSR count). The zero-order valence-electron chi connectivity index (χ0n) is 31.8. The summed E-state index contributed by atoms with van der Waals surface area (Å²) in [6.45, 7) is 10.9. The third kappa shape index (κ3) is 7.70. The highest BCUT2D eigenvalue weighted by molar-refractivity contribution is 6.11. The predicted molar refractivity (Wildman–Crippen MR) is 196 cm³/mol. The number of allylic oxidation sites excluding steroid dienone is 1. The number of benzene rings is 1. The number of ether oxygens (including phenoxy) is 4. The number of rotatable bonds is 5. The highest BCUT2D eigenvalue weighted by Crippen LogP contribution is 2.49. The summed E-state index contributed by atoms with van der Waals surface area (Å²) in [5.74, 6) is -1.29. The molecule has 4 aliphatic rings. The Morgan fingerprint density at radius 2 is 1.91 bits per heavy atom. The van der Waals surface area contributed by atoms with Crippen molar-refractivity contribution in [3.05, 3.63) is 41.6 Å². The molecule has 286 valence electrons. The van der Waals surface area contributed by atoms with Gasteiger partial charge in [0.25, 0.3) is 0 Å². The molecule has 0 radical (unpaired) electrons. The molecule has 1 aliphatic carbocycles. The summed E-state index contributed by atoms with van der Waals surface area (Å²) in [5, 5.41) is 6.35. The van der Waals surface area contributed by atoms with E-state index in [1.807, 2.05) is 32.1 Å². The van der Waals surface area contributed by atoms with Gasteiger partial charge in [-0.3, -0.25) is 14.4 Å². The SMILES string of the molecule is CCOC(=O)[C@@]12C[C@H]1/C=C\CCCCC[C@H](NC(=O)OC(C)(C)C)C(=O)N1C[C@@]3(CC(=O)c4c(c(C(C)C)nc5ccc(OC)cc45)O3)C[C@H]1C(=O)N2. The van der Waals surface area contributed by atoms with E-state index in [-0.39, 0.29) is 43.6 Å². The van der Waals surface area contributed by atoms with Gasteiger partial charge in [0.15, 0.2) is 11.5 Å². The second kappa shape index (κ2) is 14.6. The lowest BCUT2D eigenvalue weighted by Gasteiger charge is -2.36. The second-order valence-electron chi connectivity index (χ2n) is 16.1. The minimum atomic E-state index is -1.29. The summed E-state index contributed by atoms with van der Waals surface area (Å²) in [4.78, 5) is 76.3. The predicted octanol–water partition coefficient (Wildman–Crippen LogP) is 5.52. The first-order valence-electron chi connectivity index (χ1n) is 18.8. The highest BCUT2D eigenvalue weighted by atomic mass is 16.6. The monoisotopic (exact) mass is 732 g/mol. The molecule has 3 aliphatic heterocycles. The van der Waals surface area contributed by atoms with Crippen LogP contribution in [-0.4, -0.2) is 88.6 Å². The van der Waals surface area contributed by atoms with Gasteiger partial charge in [0.2, 0.25) is 11.8 Å². The van der Waals surface area contributed by atoms with E-state index >= 15 is 0 Å². The molecule has 1 saturated carbocycles. The van der Waals surface area contributed by atoms with Crippen LogP contribution in [0.3, 0.4) is 0 Å². The van der Waals surface area contributed by atoms with Crippen LogP contribution in [0.4, 0.5) is 4.79 Å². The second-order valence-corrected chi connectivity index (χ2v) is 16.1. The van der Waals surface area contributed by atoms with E-state index in [2.05, 4.69) is 10.6 Å². The number of nitrogens with zero attached hydrogens (tertiary/aromatic N) is 2.